The van der Waals surface area contributed by atoms with Crippen LogP contribution in [-0.4, -0.2) is 37.3 Å². The van der Waals surface area contributed by atoms with E-state index in [0.717, 1.165) is 0 Å². The fraction of sp³-hybridized carbons (Fsp3) is 0.269. The van der Waals surface area contributed by atoms with Gasteiger partial charge in [0.2, 0.25) is 11.8 Å². The molecule has 2 aromatic carbocycles. The number of hydrogen-bond acceptors (Lipinski definition) is 5. The molecule has 0 aliphatic carbocycles. The quantitative estimate of drug-likeness (QED) is 0.416. The molecule has 2 aromatic heterocycles. The van der Waals surface area contributed by atoms with Gasteiger partial charge in [0, 0.05) is 23.6 Å². The third-order valence-corrected chi connectivity index (χ3v) is 5.95. The molecule has 9 heteroatoms. The first-order valence-electron chi connectivity index (χ1n) is 11.4. The number of carbonyl (C=O) groups excluding carboxylic acids is 2. The number of nitrogens with one attached hydrogen (secondary N) is 1. The van der Waals surface area contributed by atoms with Crippen molar-refractivity contribution in [2.45, 2.75) is 45.3 Å². The highest BCUT2D eigenvalue weighted by Crippen LogP contribution is 2.29. The van der Waals surface area contributed by atoms with Gasteiger partial charge in [-0.25, -0.2) is 9.07 Å². The molecule has 2 amide bonds. The molecule has 0 radical (unpaired) electrons. The van der Waals surface area contributed by atoms with Crippen molar-refractivity contribution in [1.82, 2.24) is 25.3 Å². The molecule has 180 valence electrons. The molecule has 0 bridgehead atoms. The van der Waals surface area contributed by atoms with Crippen molar-refractivity contribution in [3.8, 4) is 0 Å². The van der Waals surface area contributed by atoms with E-state index in [-0.39, 0.29) is 12.5 Å². The Labute approximate surface area is 202 Å². The second kappa shape index (κ2) is 10.0. The molecule has 0 fully saturated rings. The predicted molar refractivity (Wildman–Crippen MR) is 131 cm³/mol. The minimum atomic E-state index is -1.02. The summed E-state index contributed by atoms with van der Waals surface area (Å²) in [4.78, 5) is 33.0. The van der Waals surface area contributed by atoms with Crippen molar-refractivity contribution in [3.63, 3.8) is 0 Å². The highest BCUT2D eigenvalue weighted by atomic mass is 19.1. The van der Waals surface area contributed by atoms with Crippen LogP contribution in [0.1, 0.15) is 38.8 Å². The Morgan fingerprint density at radius 2 is 1.74 bits per heavy atom. The van der Waals surface area contributed by atoms with E-state index in [1.54, 1.807) is 30.6 Å². The van der Waals surface area contributed by atoms with E-state index >= 15 is 0 Å². The van der Waals surface area contributed by atoms with Crippen molar-refractivity contribution in [2.24, 2.45) is 0 Å². The number of hydrogen-bond donors (Lipinski definition) is 1. The van der Waals surface area contributed by atoms with Gasteiger partial charge < -0.3 is 5.32 Å². The van der Waals surface area contributed by atoms with Crippen LogP contribution in [0.2, 0.25) is 0 Å². The standard InChI is InChI=1S/C26H27FN6O2/c1-4-26(2,3)29-25(35)24(18-13-15-28-16-14-18)33(20-11-9-19(27)10-12-20)23(34)17-32-22-8-6-5-7-21(22)30-31-32/h5-16,24H,4,17H2,1-3H3,(H,29,35)/t24-/m1/s1. The number of aromatic nitrogens is 4. The number of halogens is 1. The molecule has 0 spiro atoms. The van der Waals surface area contributed by atoms with Gasteiger partial charge in [-0.3, -0.25) is 19.5 Å². The number of amides is 2. The van der Waals surface area contributed by atoms with E-state index in [1.807, 2.05) is 39.0 Å². The average molecular weight is 475 g/mol. The van der Waals surface area contributed by atoms with Gasteiger partial charge in [-0.15, -0.1) is 5.10 Å². The third kappa shape index (κ3) is 5.34. The summed E-state index contributed by atoms with van der Waals surface area (Å²) in [5.41, 5.74) is 1.80. The fourth-order valence-electron chi connectivity index (χ4n) is 3.73. The van der Waals surface area contributed by atoms with Crippen LogP contribution < -0.4 is 10.2 Å². The SMILES string of the molecule is CCC(C)(C)NC(=O)[C@@H](c1ccncc1)N(C(=O)Cn1nnc2ccccc21)c1ccc(F)cc1. The molecule has 0 aliphatic heterocycles. The third-order valence-electron chi connectivity index (χ3n) is 5.95. The topological polar surface area (TPSA) is 93.0 Å². The highest BCUT2D eigenvalue weighted by molar-refractivity contribution is 6.01. The molecular weight excluding hydrogens is 447 g/mol. The van der Waals surface area contributed by atoms with Crippen molar-refractivity contribution < 1.29 is 14.0 Å². The Morgan fingerprint density at radius 1 is 1.06 bits per heavy atom. The van der Waals surface area contributed by atoms with Gasteiger partial charge in [-0.2, -0.15) is 0 Å². The van der Waals surface area contributed by atoms with Crippen molar-refractivity contribution in [2.75, 3.05) is 4.90 Å². The van der Waals surface area contributed by atoms with Gasteiger partial charge in [0.1, 0.15) is 23.9 Å². The second-order valence-electron chi connectivity index (χ2n) is 8.89. The molecule has 1 N–H and O–H groups in total. The Balaban J connectivity index is 1.79. The molecule has 8 nitrogen and oxygen atoms in total. The van der Waals surface area contributed by atoms with Gasteiger partial charge in [-0.05, 0) is 74.4 Å². The predicted octanol–water partition coefficient (Wildman–Crippen LogP) is 4.04. The molecule has 35 heavy (non-hydrogen) atoms. The molecular formula is C26H27FN6O2. The second-order valence-corrected chi connectivity index (χ2v) is 8.89. The number of rotatable bonds is 8. The zero-order valence-electron chi connectivity index (χ0n) is 19.9. The minimum absolute atomic E-state index is 0.163. The van der Waals surface area contributed by atoms with Crippen molar-refractivity contribution in [3.05, 3.63) is 84.4 Å². The van der Waals surface area contributed by atoms with Crippen LogP contribution in [-0.2, 0) is 16.1 Å². The monoisotopic (exact) mass is 474 g/mol. The fourth-order valence-corrected chi connectivity index (χ4v) is 3.73. The highest BCUT2D eigenvalue weighted by Gasteiger charge is 2.35. The smallest absolute Gasteiger partial charge is 0.249 e. The van der Waals surface area contributed by atoms with Crippen LogP contribution in [0.25, 0.3) is 11.0 Å². The zero-order chi connectivity index (χ0) is 25.0. The van der Waals surface area contributed by atoms with E-state index in [9.17, 15) is 14.0 Å². The van der Waals surface area contributed by atoms with Gasteiger partial charge in [0.25, 0.3) is 0 Å². The summed E-state index contributed by atoms with van der Waals surface area (Å²) < 4.78 is 15.3. The number of para-hydroxylation sites is 1. The molecule has 0 saturated carbocycles. The molecule has 4 aromatic rings. The lowest BCUT2D eigenvalue weighted by molar-refractivity contribution is -0.128. The molecule has 2 heterocycles. The van der Waals surface area contributed by atoms with Gasteiger partial charge in [0.05, 0.1) is 5.52 Å². The first kappa shape index (κ1) is 24.0. The van der Waals surface area contributed by atoms with E-state index in [2.05, 4.69) is 20.6 Å². The van der Waals surface area contributed by atoms with E-state index in [4.69, 9.17) is 0 Å². The maximum atomic E-state index is 13.8. The number of fused-ring (bicyclic) bond motifs is 1. The Bertz CT molecular complexity index is 1320. The molecule has 1 atom stereocenters. The van der Waals surface area contributed by atoms with E-state index in [1.165, 1.54) is 33.8 Å². The van der Waals surface area contributed by atoms with Crippen LogP contribution in [0.3, 0.4) is 0 Å². The normalized spacial score (nSPS) is 12.3. The van der Waals surface area contributed by atoms with E-state index < -0.39 is 23.3 Å². The Kier molecular flexibility index (Phi) is 6.86. The average Bonchev–Trinajstić information content (AvgIpc) is 3.26. The van der Waals surface area contributed by atoms with Gasteiger partial charge in [-0.1, -0.05) is 24.3 Å². The first-order valence-corrected chi connectivity index (χ1v) is 11.4. The molecule has 4 rings (SSSR count). The van der Waals surface area contributed by atoms with Crippen LogP contribution in [0.5, 0.6) is 0 Å². The number of pyridine rings is 1. The molecule has 0 aliphatic rings. The summed E-state index contributed by atoms with van der Waals surface area (Å²) in [6, 6.07) is 15.2. The van der Waals surface area contributed by atoms with Crippen LogP contribution >= 0.6 is 0 Å². The lowest BCUT2D eigenvalue weighted by atomic mass is 9.98. The van der Waals surface area contributed by atoms with Crippen LogP contribution in [0, 0.1) is 5.82 Å². The summed E-state index contributed by atoms with van der Waals surface area (Å²) >= 11 is 0. The lowest BCUT2D eigenvalue weighted by Gasteiger charge is -2.34. The zero-order valence-corrected chi connectivity index (χ0v) is 19.9. The van der Waals surface area contributed by atoms with Crippen molar-refractivity contribution in [1.29, 1.82) is 0 Å². The summed E-state index contributed by atoms with van der Waals surface area (Å²) in [5, 5.41) is 11.3. The maximum absolute atomic E-state index is 13.8. The number of carbonyl (C=O) groups is 2. The summed E-state index contributed by atoms with van der Waals surface area (Å²) in [7, 11) is 0. The minimum Gasteiger partial charge on any atom is -0.349 e. The molecule has 0 unspecified atom stereocenters. The maximum Gasteiger partial charge on any atom is 0.249 e. The lowest BCUT2D eigenvalue weighted by Crippen LogP contribution is -2.51. The summed E-state index contributed by atoms with van der Waals surface area (Å²) in [5.74, 6) is -1.21. The summed E-state index contributed by atoms with van der Waals surface area (Å²) in [6.07, 6.45) is 3.83. The first-order chi connectivity index (χ1) is 16.8. The Morgan fingerprint density at radius 3 is 2.43 bits per heavy atom. The van der Waals surface area contributed by atoms with Gasteiger partial charge in [0.15, 0.2) is 0 Å². The molecule has 0 saturated heterocycles. The number of benzene rings is 2. The van der Waals surface area contributed by atoms with Gasteiger partial charge >= 0.3 is 0 Å². The van der Waals surface area contributed by atoms with Crippen LogP contribution in [0.4, 0.5) is 10.1 Å². The number of anilines is 1. The van der Waals surface area contributed by atoms with Crippen molar-refractivity contribution >= 4 is 28.5 Å². The van der Waals surface area contributed by atoms with Crippen LogP contribution in [0.15, 0.2) is 73.1 Å². The van der Waals surface area contributed by atoms with E-state index in [0.29, 0.717) is 28.7 Å². The largest absolute Gasteiger partial charge is 0.349 e. The summed E-state index contributed by atoms with van der Waals surface area (Å²) in [6.45, 7) is 5.64. The Hall–Kier alpha value is -4.14. The number of nitrogens with zero attached hydrogens (tertiary/aromatic N) is 5.